The number of ketones is 1. The molecule has 0 aromatic heterocycles. The molecule has 0 saturated carbocycles. The summed E-state index contributed by atoms with van der Waals surface area (Å²) in [6, 6.07) is 0. The summed E-state index contributed by atoms with van der Waals surface area (Å²) in [5.74, 6) is -58.1. The highest BCUT2D eigenvalue weighted by Gasteiger charge is 2.95. The average Bonchev–Trinajstić information content (AvgIpc) is 2.58. The molecule has 0 rings (SSSR count). The highest BCUT2D eigenvalue weighted by molar-refractivity contribution is 5.89. The van der Waals surface area contributed by atoms with Crippen LogP contribution in [0.25, 0.3) is 0 Å². The van der Waals surface area contributed by atoms with Gasteiger partial charge in [0.2, 0.25) is 0 Å². The molecule has 0 spiro atoms. The third-order valence-corrected chi connectivity index (χ3v) is 3.83. The number of carbonyl (C=O) groups is 1. The van der Waals surface area contributed by atoms with Gasteiger partial charge in [-0.05, 0) is 13.0 Å². The first kappa shape index (κ1) is 30.2. The van der Waals surface area contributed by atoms with Gasteiger partial charge in [0, 0.05) is 12.8 Å². The largest absolute Gasteiger partial charge is 0.460 e. The van der Waals surface area contributed by atoms with Gasteiger partial charge >= 0.3 is 47.6 Å². The van der Waals surface area contributed by atoms with Crippen molar-refractivity contribution in [2.24, 2.45) is 0 Å². The average molecular weight is 516 g/mol. The third-order valence-electron chi connectivity index (χ3n) is 3.83. The Kier molecular flexibility index (Phi) is 7.76. The molecular weight excluding hydrogens is 507 g/mol. The van der Waals surface area contributed by atoms with Crippen LogP contribution >= 0.6 is 0 Å². The molecule has 190 valence electrons. The van der Waals surface area contributed by atoms with Crippen LogP contribution in [0.2, 0.25) is 0 Å². The Balaban J connectivity index is 6.50. The van der Waals surface area contributed by atoms with Gasteiger partial charge < -0.3 is 0 Å². The van der Waals surface area contributed by atoms with Crippen LogP contribution in [-0.4, -0.2) is 53.4 Å². The molecule has 0 amide bonds. The number of alkyl halides is 17. The Morgan fingerprint density at radius 2 is 0.875 bits per heavy atom. The number of hydrogen-bond donors (Lipinski definition) is 0. The lowest BCUT2D eigenvalue weighted by Crippen LogP contribution is -2.74. The molecule has 32 heavy (non-hydrogen) atoms. The fourth-order valence-electron chi connectivity index (χ4n) is 1.90. The van der Waals surface area contributed by atoms with E-state index < -0.39 is 66.3 Å². The Morgan fingerprint density at radius 3 is 1.19 bits per heavy atom. The van der Waals surface area contributed by atoms with Crippen molar-refractivity contribution in [3.63, 3.8) is 0 Å². The Hall–Kier alpha value is -1.78. The summed E-state index contributed by atoms with van der Waals surface area (Å²) in [6.45, 7) is 1.07. The Morgan fingerprint density at radius 1 is 0.562 bits per heavy atom. The maximum Gasteiger partial charge on any atom is 0.460 e. The van der Waals surface area contributed by atoms with Gasteiger partial charge in [-0.15, -0.1) is 0 Å². The summed E-state index contributed by atoms with van der Waals surface area (Å²) in [4.78, 5) is 10.9. The highest BCUT2D eigenvalue weighted by atomic mass is 19.4. The molecule has 18 heteroatoms. The topological polar surface area (TPSA) is 17.1 Å². The van der Waals surface area contributed by atoms with E-state index in [1.165, 1.54) is 0 Å². The van der Waals surface area contributed by atoms with Crippen molar-refractivity contribution in [2.75, 3.05) is 0 Å². The van der Waals surface area contributed by atoms with Gasteiger partial charge in [0.15, 0.2) is 5.78 Å². The van der Waals surface area contributed by atoms with Crippen LogP contribution in [0, 0.1) is 0 Å². The standard InChI is InChI=1S/C14H9F17O/c1-2-3-6(32)4-5-7(15,16)8(17,18)9(19,20)10(21,22)11(23,24)12(25,26)13(27,28)14(29,30)31/h2-3H,4-5H2,1H3/b3-2+. The lowest BCUT2D eigenvalue weighted by molar-refractivity contribution is -0.461. The molecule has 0 atom stereocenters. The predicted octanol–water partition coefficient (Wildman–Crippen LogP) is 6.92. The maximum atomic E-state index is 13.5. The molecule has 0 radical (unpaired) electrons. The molecule has 1 nitrogen and oxygen atoms in total. The van der Waals surface area contributed by atoms with Gasteiger partial charge in [-0.3, -0.25) is 4.79 Å². The van der Waals surface area contributed by atoms with Crippen molar-refractivity contribution in [1.29, 1.82) is 0 Å². The van der Waals surface area contributed by atoms with Gasteiger partial charge in [0.25, 0.3) is 0 Å². The fourth-order valence-corrected chi connectivity index (χ4v) is 1.90. The molecule has 0 heterocycles. The van der Waals surface area contributed by atoms with Crippen molar-refractivity contribution < 1.29 is 79.4 Å². The molecule has 0 aromatic rings. The molecule has 0 saturated heterocycles. The summed E-state index contributed by atoms with van der Waals surface area (Å²) in [5, 5.41) is 0. The van der Waals surface area contributed by atoms with Gasteiger partial charge in [-0.2, -0.15) is 74.6 Å². The van der Waals surface area contributed by atoms with Gasteiger partial charge in [0.05, 0.1) is 0 Å². The molecule has 0 aliphatic carbocycles. The zero-order valence-electron chi connectivity index (χ0n) is 14.9. The summed E-state index contributed by atoms with van der Waals surface area (Å²) in [7, 11) is 0. The van der Waals surface area contributed by atoms with E-state index in [1.54, 1.807) is 0 Å². The minimum atomic E-state index is -8.65. The van der Waals surface area contributed by atoms with E-state index in [0.717, 1.165) is 13.0 Å². The van der Waals surface area contributed by atoms with Crippen LogP contribution in [0.5, 0.6) is 0 Å². The summed E-state index contributed by atoms with van der Waals surface area (Å²) >= 11 is 0. The van der Waals surface area contributed by atoms with Crippen LogP contribution in [-0.2, 0) is 4.79 Å². The first-order valence-corrected chi connectivity index (χ1v) is 7.57. The van der Waals surface area contributed by atoms with Crippen LogP contribution in [0.3, 0.4) is 0 Å². The zero-order chi connectivity index (χ0) is 26.4. The fraction of sp³-hybridized carbons (Fsp3) is 0.786. The minimum absolute atomic E-state index is 0.398. The van der Waals surface area contributed by atoms with Crippen LogP contribution in [0.15, 0.2) is 12.2 Å². The van der Waals surface area contributed by atoms with Crippen LogP contribution < -0.4 is 0 Å². The molecule has 0 bridgehead atoms. The zero-order valence-corrected chi connectivity index (χ0v) is 14.9. The quantitative estimate of drug-likeness (QED) is 0.228. The van der Waals surface area contributed by atoms with E-state index in [2.05, 4.69) is 0 Å². The second-order valence-electron chi connectivity index (χ2n) is 6.11. The SMILES string of the molecule is C/C=C/C(=O)CCC(F)(F)C(F)(F)C(F)(F)C(F)(F)C(F)(F)C(F)(F)C(F)(F)C(F)(F)F. The minimum Gasteiger partial charge on any atom is -0.295 e. The molecule has 0 fully saturated rings. The van der Waals surface area contributed by atoms with Crippen LogP contribution in [0.1, 0.15) is 19.8 Å². The van der Waals surface area contributed by atoms with Gasteiger partial charge in [-0.25, -0.2) is 0 Å². The molecule has 0 aromatic carbocycles. The molecular formula is C14H9F17O. The van der Waals surface area contributed by atoms with Gasteiger partial charge in [0.1, 0.15) is 0 Å². The highest BCUT2D eigenvalue weighted by Crippen LogP contribution is 2.64. The second kappa shape index (κ2) is 8.22. The Labute approximate surface area is 166 Å². The third kappa shape index (κ3) is 4.24. The normalized spacial score (nSPS) is 16.1. The first-order chi connectivity index (χ1) is 13.7. The van der Waals surface area contributed by atoms with Crippen molar-refractivity contribution in [3.05, 3.63) is 12.2 Å². The molecule has 0 unspecified atom stereocenters. The van der Waals surface area contributed by atoms with Crippen molar-refractivity contribution in [1.82, 2.24) is 0 Å². The van der Waals surface area contributed by atoms with Crippen molar-refractivity contribution >= 4 is 5.78 Å². The summed E-state index contributed by atoms with van der Waals surface area (Å²) < 4.78 is 221. The molecule has 0 aliphatic rings. The van der Waals surface area contributed by atoms with E-state index in [-0.39, 0.29) is 0 Å². The van der Waals surface area contributed by atoms with Crippen molar-refractivity contribution in [3.8, 4) is 0 Å². The molecule has 0 aliphatic heterocycles. The first-order valence-electron chi connectivity index (χ1n) is 7.57. The predicted molar refractivity (Wildman–Crippen MR) is 69.7 cm³/mol. The number of rotatable bonds is 10. The second-order valence-corrected chi connectivity index (χ2v) is 6.11. The number of hydrogen-bond acceptors (Lipinski definition) is 1. The number of carbonyl (C=O) groups excluding carboxylic acids is 1. The van der Waals surface area contributed by atoms with E-state index in [4.69, 9.17) is 0 Å². The monoisotopic (exact) mass is 516 g/mol. The summed E-state index contributed by atoms with van der Waals surface area (Å²) in [6.07, 6.45) is -11.1. The van der Waals surface area contributed by atoms with E-state index >= 15 is 0 Å². The van der Waals surface area contributed by atoms with Gasteiger partial charge in [-0.1, -0.05) is 6.08 Å². The van der Waals surface area contributed by atoms with E-state index in [9.17, 15) is 79.4 Å². The number of allylic oxidation sites excluding steroid dienone is 2. The van der Waals surface area contributed by atoms with Crippen LogP contribution in [0.4, 0.5) is 74.6 Å². The lowest BCUT2D eigenvalue weighted by atomic mass is 9.88. The van der Waals surface area contributed by atoms with Crippen molar-refractivity contribution in [2.45, 2.75) is 67.4 Å². The van der Waals surface area contributed by atoms with E-state index in [1.807, 2.05) is 0 Å². The lowest BCUT2D eigenvalue weighted by Gasteiger charge is -2.42. The molecule has 0 N–H and O–H groups in total. The maximum absolute atomic E-state index is 13.5. The van der Waals surface area contributed by atoms with E-state index in [0.29, 0.717) is 6.08 Å². The Bertz CT molecular complexity index is 715. The summed E-state index contributed by atoms with van der Waals surface area (Å²) in [5.41, 5.74) is 0. The number of halogens is 17. The smallest absolute Gasteiger partial charge is 0.295 e.